The van der Waals surface area contributed by atoms with Crippen molar-refractivity contribution in [1.29, 1.82) is 0 Å². The second kappa shape index (κ2) is 4.29. The summed E-state index contributed by atoms with van der Waals surface area (Å²) in [5, 5.41) is 5.66. The van der Waals surface area contributed by atoms with Crippen LogP contribution in [0.15, 0.2) is 18.3 Å². The Labute approximate surface area is 89.1 Å². The summed E-state index contributed by atoms with van der Waals surface area (Å²) in [6.45, 7) is 1.91. The first kappa shape index (κ1) is 9.96. The van der Waals surface area contributed by atoms with Crippen LogP contribution >= 0.6 is 0 Å². The first-order chi connectivity index (χ1) is 7.24. The highest BCUT2D eigenvalue weighted by molar-refractivity contribution is 5.89. The van der Waals surface area contributed by atoms with E-state index in [1.165, 1.54) is 6.42 Å². The summed E-state index contributed by atoms with van der Waals surface area (Å²) in [6, 6.07) is 3.95. The molecule has 2 N–H and O–H groups in total. The summed E-state index contributed by atoms with van der Waals surface area (Å²) in [5.41, 5.74) is 1.68. The van der Waals surface area contributed by atoms with Crippen LogP contribution in [0.2, 0.25) is 0 Å². The Morgan fingerprint density at radius 3 is 2.80 bits per heavy atom. The van der Waals surface area contributed by atoms with E-state index in [0.29, 0.717) is 6.04 Å². The molecular weight excluding hydrogens is 190 g/mol. The third kappa shape index (κ3) is 2.68. The van der Waals surface area contributed by atoms with Crippen LogP contribution in [-0.2, 0) is 0 Å². The predicted molar refractivity (Wildman–Crippen MR) is 58.8 cm³/mol. The second-order valence-electron chi connectivity index (χ2n) is 3.91. The van der Waals surface area contributed by atoms with Gasteiger partial charge in [0.15, 0.2) is 0 Å². The average Bonchev–Trinajstić information content (AvgIpc) is 2.16. The van der Waals surface area contributed by atoms with Crippen LogP contribution in [0.5, 0.6) is 0 Å². The molecule has 0 atom stereocenters. The lowest BCUT2D eigenvalue weighted by Crippen LogP contribution is -2.41. The van der Waals surface area contributed by atoms with Crippen molar-refractivity contribution in [2.75, 3.05) is 5.32 Å². The Balaban J connectivity index is 1.84. The minimum absolute atomic E-state index is 0.134. The van der Waals surface area contributed by atoms with Gasteiger partial charge in [-0.05, 0) is 38.3 Å². The predicted octanol–water partition coefficient (Wildman–Crippen LogP) is 2.06. The standard InChI is InChI=1S/C11H15N3O/c1-8-5-6-10(7-12-8)14-11(15)13-9-3-2-4-9/h5-7,9H,2-4H2,1H3,(H2,13,14,15). The van der Waals surface area contributed by atoms with Gasteiger partial charge in [-0.25, -0.2) is 4.79 Å². The fraction of sp³-hybridized carbons (Fsp3) is 0.455. The van der Waals surface area contributed by atoms with Crippen LogP contribution in [0.4, 0.5) is 10.5 Å². The lowest BCUT2D eigenvalue weighted by molar-refractivity contribution is 0.240. The summed E-state index contributed by atoms with van der Waals surface area (Å²) in [4.78, 5) is 15.6. The van der Waals surface area contributed by atoms with Crippen LogP contribution in [0, 0.1) is 6.92 Å². The summed E-state index contributed by atoms with van der Waals surface area (Å²) in [7, 11) is 0. The van der Waals surface area contributed by atoms with Gasteiger partial charge in [0.05, 0.1) is 11.9 Å². The maximum absolute atomic E-state index is 11.5. The van der Waals surface area contributed by atoms with Crippen LogP contribution in [0.3, 0.4) is 0 Å². The van der Waals surface area contributed by atoms with E-state index < -0.39 is 0 Å². The summed E-state index contributed by atoms with van der Waals surface area (Å²) >= 11 is 0. The number of carbonyl (C=O) groups excluding carboxylic acids is 1. The third-order valence-electron chi connectivity index (χ3n) is 2.61. The smallest absolute Gasteiger partial charge is 0.319 e. The van der Waals surface area contributed by atoms with Gasteiger partial charge >= 0.3 is 6.03 Å². The molecule has 1 saturated carbocycles. The topological polar surface area (TPSA) is 54.0 Å². The van der Waals surface area contributed by atoms with Gasteiger partial charge < -0.3 is 10.6 Å². The van der Waals surface area contributed by atoms with Gasteiger partial charge in [-0.1, -0.05) is 0 Å². The molecule has 0 radical (unpaired) electrons. The zero-order valence-corrected chi connectivity index (χ0v) is 8.79. The minimum Gasteiger partial charge on any atom is -0.335 e. The van der Waals surface area contributed by atoms with Crippen molar-refractivity contribution in [3.8, 4) is 0 Å². The van der Waals surface area contributed by atoms with E-state index >= 15 is 0 Å². The van der Waals surface area contributed by atoms with Crippen LogP contribution in [0.1, 0.15) is 25.0 Å². The molecule has 15 heavy (non-hydrogen) atoms. The molecular formula is C11H15N3O. The van der Waals surface area contributed by atoms with Crippen molar-refractivity contribution < 1.29 is 4.79 Å². The lowest BCUT2D eigenvalue weighted by atomic mass is 9.93. The normalized spacial score (nSPS) is 15.5. The number of carbonyl (C=O) groups is 1. The molecule has 2 amide bonds. The summed E-state index contributed by atoms with van der Waals surface area (Å²) in [6.07, 6.45) is 5.08. The third-order valence-corrected chi connectivity index (χ3v) is 2.61. The Morgan fingerprint density at radius 2 is 2.27 bits per heavy atom. The summed E-state index contributed by atoms with van der Waals surface area (Å²) in [5.74, 6) is 0. The second-order valence-corrected chi connectivity index (χ2v) is 3.91. The molecule has 1 heterocycles. The van der Waals surface area contributed by atoms with Gasteiger partial charge in [-0.3, -0.25) is 4.98 Å². The van der Waals surface area contributed by atoms with Gasteiger partial charge in [-0.2, -0.15) is 0 Å². The number of rotatable bonds is 2. The maximum atomic E-state index is 11.5. The first-order valence-electron chi connectivity index (χ1n) is 5.24. The van der Waals surface area contributed by atoms with Crippen molar-refractivity contribution >= 4 is 11.7 Å². The molecule has 0 spiro atoms. The van der Waals surface area contributed by atoms with Crippen molar-refractivity contribution in [1.82, 2.24) is 10.3 Å². The molecule has 80 valence electrons. The van der Waals surface area contributed by atoms with Gasteiger partial charge in [0.25, 0.3) is 0 Å². The number of nitrogens with one attached hydrogen (secondary N) is 2. The lowest BCUT2D eigenvalue weighted by Gasteiger charge is -2.26. The maximum Gasteiger partial charge on any atom is 0.319 e. The van der Waals surface area contributed by atoms with Gasteiger partial charge in [0.2, 0.25) is 0 Å². The summed E-state index contributed by atoms with van der Waals surface area (Å²) < 4.78 is 0. The highest BCUT2D eigenvalue weighted by Gasteiger charge is 2.19. The Morgan fingerprint density at radius 1 is 1.47 bits per heavy atom. The molecule has 1 aliphatic carbocycles. The Bertz CT molecular complexity index is 343. The zero-order valence-electron chi connectivity index (χ0n) is 8.79. The van der Waals surface area contributed by atoms with Gasteiger partial charge in [-0.15, -0.1) is 0 Å². The number of anilines is 1. The van der Waals surface area contributed by atoms with Crippen LogP contribution < -0.4 is 10.6 Å². The Hall–Kier alpha value is -1.58. The van der Waals surface area contributed by atoms with E-state index in [0.717, 1.165) is 24.2 Å². The number of nitrogens with zero attached hydrogens (tertiary/aromatic N) is 1. The number of pyridine rings is 1. The van der Waals surface area contributed by atoms with E-state index in [4.69, 9.17) is 0 Å². The molecule has 1 aromatic rings. The number of hydrogen-bond acceptors (Lipinski definition) is 2. The van der Waals surface area contributed by atoms with Crippen molar-refractivity contribution in [3.63, 3.8) is 0 Å². The van der Waals surface area contributed by atoms with E-state index in [2.05, 4.69) is 15.6 Å². The van der Waals surface area contributed by atoms with Crippen molar-refractivity contribution in [2.45, 2.75) is 32.2 Å². The van der Waals surface area contributed by atoms with E-state index in [1.807, 2.05) is 19.1 Å². The number of urea groups is 1. The molecule has 0 unspecified atom stereocenters. The first-order valence-corrected chi connectivity index (χ1v) is 5.24. The molecule has 1 aromatic heterocycles. The number of hydrogen-bond donors (Lipinski definition) is 2. The molecule has 1 aliphatic rings. The molecule has 0 bridgehead atoms. The SMILES string of the molecule is Cc1ccc(NC(=O)NC2CCC2)cn1. The molecule has 0 aliphatic heterocycles. The molecule has 4 heteroatoms. The van der Waals surface area contributed by atoms with Crippen molar-refractivity contribution in [3.05, 3.63) is 24.0 Å². The average molecular weight is 205 g/mol. The van der Waals surface area contributed by atoms with Crippen LogP contribution in [0.25, 0.3) is 0 Å². The number of aromatic nitrogens is 1. The van der Waals surface area contributed by atoms with Gasteiger partial charge in [0, 0.05) is 11.7 Å². The monoisotopic (exact) mass is 205 g/mol. The number of aryl methyl sites for hydroxylation is 1. The van der Waals surface area contributed by atoms with Crippen molar-refractivity contribution in [2.24, 2.45) is 0 Å². The van der Waals surface area contributed by atoms with E-state index in [1.54, 1.807) is 6.20 Å². The largest absolute Gasteiger partial charge is 0.335 e. The van der Waals surface area contributed by atoms with Crippen LogP contribution in [-0.4, -0.2) is 17.1 Å². The fourth-order valence-electron chi connectivity index (χ4n) is 1.45. The highest BCUT2D eigenvalue weighted by Crippen LogP contribution is 2.18. The van der Waals surface area contributed by atoms with Gasteiger partial charge in [0.1, 0.15) is 0 Å². The fourth-order valence-corrected chi connectivity index (χ4v) is 1.45. The van der Waals surface area contributed by atoms with E-state index in [9.17, 15) is 4.79 Å². The molecule has 1 fully saturated rings. The van der Waals surface area contributed by atoms with E-state index in [-0.39, 0.29) is 6.03 Å². The molecule has 4 nitrogen and oxygen atoms in total. The zero-order chi connectivity index (χ0) is 10.7. The molecule has 0 aromatic carbocycles. The highest BCUT2D eigenvalue weighted by atomic mass is 16.2. The minimum atomic E-state index is -0.134. The Kier molecular flexibility index (Phi) is 2.85. The quantitative estimate of drug-likeness (QED) is 0.776. The molecule has 2 rings (SSSR count). The number of amides is 2. The molecule has 0 saturated heterocycles.